The number of aromatic nitrogens is 1. The Kier molecular flexibility index (Phi) is 7.12. The second-order valence-electron chi connectivity index (χ2n) is 7.73. The third-order valence-electron chi connectivity index (χ3n) is 5.82. The Morgan fingerprint density at radius 1 is 1.03 bits per heavy atom. The van der Waals surface area contributed by atoms with Gasteiger partial charge in [0.05, 0.1) is 12.3 Å². The highest BCUT2D eigenvalue weighted by molar-refractivity contribution is 5.85. The zero-order valence-electron chi connectivity index (χ0n) is 17.1. The number of likely N-dealkylation sites (tertiary alicyclic amines) is 1. The quantitative estimate of drug-likeness (QED) is 0.600. The van der Waals surface area contributed by atoms with Crippen molar-refractivity contribution in [1.82, 2.24) is 9.88 Å². The van der Waals surface area contributed by atoms with Gasteiger partial charge in [0, 0.05) is 24.6 Å². The number of rotatable bonds is 6. The maximum absolute atomic E-state index is 9.18. The number of aryl methyl sites for hydroxylation is 1. The minimum absolute atomic E-state index is 0. The molecule has 4 nitrogen and oxygen atoms in total. The molecule has 2 aromatic carbocycles. The largest absolute Gasteiger partial charge is 0.441 e. The molecule has 0 aliphatic carbocycles. The van der Waals surface area contributed by atoms with Crippen LogP contribution in [-0.2, 0) is 13.0 Å². The predicted molar refractivity (Wildman–Crippen MR) is 119 cm³/mol. The summed E-state index contributed by atoms with van der Waals surface area (Å²) in [7, 11) is 0. The van der Waals surface area contributed by atoms with E-state index in [1.807, 2.05) is 31.2 Å². The average Bonchev–Trinajstić information content (AvgIpc) is 3.31. The molecule has 0 bridgehead atoms. The van der Waals surface area contributed by atoms with E-state index in [-0.39, 0.29) is 19.0 Å². The predicted octanol–water partition coefficient (Wildman–Crippen LogP) is 5.26. The maximum Gasteiger partial charge on any atom is 0.226 e. The lowest BCUT2D eigenvalue weighted by Gasteiger charge is -2.20. The first-order valence-electron chi connectivity index (χ1n) is 10.1. The van der Waals surface area contributed by atoms with E-state index in [9.17, 15) is 5.11 Å². The van der Waals surface area contributed by atoms with Crippen LogP contribution in [0.25, 0.3) is 22.6 Å². The van der Waals surface area contributed by atoms with Crippen molar-refractivity contribution >= 4 is 12.4 Å². The van der Waals surface area contributed by atoms with Gasteiger partial charge in [-0.2, -0.15) is 0 Å². The third-order valence-corrected chi connectivity index (χ3v) is 5.82. The molecule has 0 spiro atoms. The molecule has 1 N–H and O–H groups in total. The number of hydrogen-bond acceptors (Lipinski definition) is 4. The highest BCUT2D eigenvalue weighted by atomic mass is 35.5. The van der Waals surface area contributed by atoms with E-state index in [1.165, 1.54) is 19.4 Å². The Hall–Kier alpha value is -2.14. The molecule has 29 heavy (non-hydrogen) atoms. The molecule has 154 valence electrons. The highest BCUT2D eigenvalue weighted by Crippen LogP contribution is 2.27. The van der Waals surface area contributed by atoms with Gasteiger partial charge in [-0.15, -0.1) is 12.4 Å². The first kappa shape index (κ1) is 21.6. The first-order valence-corrected chi connectivity index (χ1v) is 10.1. The molecule has 1 unspecified atom stereocenters. The van der Waals surface area contributed by atoms with E-state index < -0.39 is 0 Å². The summed E-state index contributed by atoms with van der Waals surface area (Å²) in [5.41, 5.74) is 5.26. The SMILES string of the molecule is Cc1oc(-c2ccc(-c3ccc(CO)cc3)cc2)nc1CCN1CCCC1C.Cl. The van der Waals surface area contributed by atoms with Gasteiger partial charge < -0.3 is 14.4 Å². The van der Waals surface area contributed by atoms with E-state index >= 15 is 0 Å². The summed E-state index contributed by atoms with van der Waals surface area (Å²) in [6, 6.07) is 17.0. The molecule has 1 aliphatic heterocycles. The lowest BCUT2D eigenvalue weighted by Crippen LogP contribution is -2.29. The summed E-state index contributed by atoms with van der Waals surface area (Å²) in [6.45, 7) is 6.65. The number of nitrogens with zero attached hydrogens (tertiary/aromatic N) is 2. The maximum atomic E-state index is 9.18. The van der Waals surface area contributed by atoms with Crippen LogP contribution in [0.1, 0.15) is 36.8 Å². The van der Waals surface area contributed by atoms with Gasteiger partial charge in [0.15, 0.2) is 0 Å². The number of hydrogen-bond donors (Lipinski definition) is 1. The summed E-state index contributed by atoms with van der Waals surface area (Å²) in [6.07, 6.45) is 3.55. The van der Waals surface area contributed by atoms with Gasteiger partial charge in [-0.05, 0) is 62.1 Å². The number of benzene rings is 2. The molecule has 0 saturated carbocycles. The van der Waals surface area contributed by atoms with Crippen molar-refractivity contribution in [2.24, 2.45) is 0 Å². The summed E-state index contributed by atoms with van der Waals surface area (Å²) in [5, 5.41) is 9.18. The molecule has 1 fully saturated rings. The van der Waals surface area contributed by atoms with Gasteiger partial charge in [-0.1, -0.05) is 36.4 Å². The zero-order chi connectivity index (χ0) is 19.5. The van der Waals surface area contributed by atoms with Crippen molar-refractivity contribution in [3.8, 4) is 22.6 Å². The lowest BCUT2D eigenvalue weighted by atomic mass is 10.0. The number of halogens is 1. The Bertz CT molecular complexity index is 919. The molecule has 4 rings (SSSR count). The van der Waals surface area contributed by atoms with Crippen molar-refractivity contribution in [1.29, 1.82) is 0 Å². The summed E-state index contributed by atoms with van der Waals surface area (Å²) < 4.78 is 5.96. The van der Waals surface area contributed by atoms with E-state index in [0.29, 0.717) is 11.9 Å². The van der Waals surface area contributed by atoms with Crippen molar-refractivity contribution < 1.29 is 9.52 Å². The van der Waals surface area contributed by atoms with Gasteiger partial charge in [0.2, 0.25) is 5.89 Å². The Labute approximate surface area is 179 Å². The van der Waals surface area contributed by atoms with Gasteiger partial charge in [-0.3, -0.25) is 0 Å². The van der Waals surface area contributed by atoms with Crippen LogP contribution in [-0.4, -0.2) is 34.1 Å². The molecule has 1 aliphatic rings. The van der Waals surface area contributed by atoms with E-state index in [0.717, 1.165) is 46.7 Å². The number of oxazole rings is 1. The molecular weight excluding hydrogens is 384 g/mol. The Balaban J connectivity index is 0.00000240. The Morgan fingerprint density at radius 3 is 2.24 bits per heavy atom. The molecule has 1 aromatic heterocycles. The molecule has 0 amide bonds. The molecule has 1 saturated heterocycles. The Morgan fingerprint density at radius 2 is 1.66 bits per heavy atom. The third kappa shape index (κ3) is 4.89. The minimum Gasteiger partial charge on any atom is -0.441 e. The van der Waals surface area contributed by atoms with Crippen LogP contribution in [0.3, 0.4) is 0 Å². The smallest absolute Gasteiger partial charge is 0.226 e. The van der Waals surface area contributed by atoms with Gasteiger partial charge in [0.25, 0.3) is 0 Å². The molecule has 2 heterocycles. The average molecular weight is 413 g/mol. The second-order valence-corrected chi connectivity index (χ2v) is 7.73. The van der Waals surface area contributed by atoms with Crippen LogP contribution in [0.5, 0.6) is 0 Å². The van der Waals surface area contributed by atoms with Gasteiger partial charge >= 0.3 is 0 Å². The van der Waals surface area contributed by atoms with E-state index in [4.69, 9.17) is 9.40 Å². The summed E-state index contributed by atoms with van der Waals surface area (Å²) in [5.74, 6) is 1.62. The summed E-state index contributed by atoms with van der Waals surface area (Å²) >= 11 is 0. The fourth-order valence-electron chi connectivity index (χ4n) is 3.97. The molecule has 1 atom stereocenters. The molecule has 0 radical (unpaired) electrons. The standard InChI is InChI=1S/C24H28N2O2.ClH/c1-17-4-3-14-26(17)15-13-23-18(2)28-24(25-23)22-11-9-21(10-12-22)20-7-5-19(16-27)6-8-20;/h5-12,17,27H,3-4,13-16H2,1-2H3;1H. The monoisotopic (exact) mass is 412 g/mol. The van der Waals surface area contributed by atoms with Gasteiger partial charge in [-0.25, -0.2) is 4.98 Å². The van der Waals surface area contributed by atoms with Crippen LogP contribution >= 0.6 is 12.4 Å². The normalized spacial score (nSPS) is 16.7. The van der Waals surface area contributed by atoms with Crippen LogP contribution in [0.4, 0.5) is 0 Å². The molecule has 5 heteroatoms. The number of aliphatic hydroxyl groups is 1. The van der Waals surface area contributed by atoms with Crippen molar-refractivity contribution in [3.05, 3.63) is 65.5 Å². The minimum atomic E-state index is 0. The van der Waals surface area contributed by atoms with E-state index in [1.54, 1.807) is 0 Å². The topological polar surface area (TPSA) is 49.5 Å². The van der Waals surface area contributed by atoms with Crippen molar-refractivity contribution in [3.63, 3.8) is 0 Å². The fraction of sp³-hybridized carbons (Fsp3) is 0.375. The highest BCUT2D eigenvalue weighted by Gasteiger charge is 2.21. The molecule has 3 aromatic rings. The van der Waals surface area contributed by atoms with Crippen LogP contribution in [0.2, 0.25) is 0 Å². The summed E-state index contributed by atoms with van der Waals surface area (Å²) in [4.78, 5) is 7.32. The van der Waals surface area contributed by atoms with Crippen molar-refractivity contribution in [2.75, 3.05) is 13.1 Å². The van der Waals surface area contributed by atoms with Crippen LogP contribution in [0.15, 0.2) is 52.9 Å². The lowest BCUT2D eigenvalue weighted by molar-refractivity contribution is 0.271. The zero-order valence-corrected chi connectivity index (χ0v) is 17.9. The second kappa shape index (κ2) is 9.57. The van der Waals surface area contributed by atoms with Crippen molar-refractivity contribution in [2.45, 2.75) is 45.8 Å². The first-order chi connectivity index (χ1) is 13.6. The van der Waals surface area contributed by atoms with Crippen LogP contribution < -0.4 is 0 Å². The molecular formula is C24H29ClN2O2. The van der Waals surface area contributed by atoms with E-state index in [2.05, 4.69) is 36.1 Å². The van der Waals surface area contributed by atoms with Crippen LogP contribution in [0, 0.1) is 6.92 Å². The fourth-order valence-corrected chi connectivity index (χ4v) is 3.97. The van der Waals surface area contributed by atoms with Gasteiger partial charge in [0.1, 0.15) is 5.76 Å². The number of aliphatic hydroxyl groups excluding tert-OH is 1.